The van der Waals surface area contributed by atoms with Crippen LogP contribution in [0.5, 0.6) is 5.75 Å². The van der Waals surface area contributed by atoms with Gasteiger partial charge in [0, 0.05) is 63.7 Å². The van der Waals surface area contributed by atoms with Gasteiger partial charge >= 0.3 is 0 Å². The monoisotopic (exact) mass is 372 g/mol. The van der Waals surface area contributed by atoms with Crippen LogP contribution in [-0.4, -0.2) is 64.1 Å². The number of aliphatic hydroxyl groups is 1. The van der Waals surface area contributed by atoms with E-state index < -0.39 is 0 Å². The molecule has 1 aromatic heterocycles. The summed E-state index contributed by atoms with van der Waals surface area (Å²) in [5.74, 6) is 0.897. The number of ether oxygens (including phenoxy) is 1. The Hall–Kier alpha value is -1.89. The van der Waals surface area contributed by atoms with Gasteiger partial charge in [0.05, 0.1) is 12.8 Å². The summed E-state index contributed by atoms with van der Waals surface area (Å²) >= 11 is 0. The van der Waals surface area contributed by atoms with E-state index in [9.17, 15) is 5.11 Å². The predicted octanol–water partition coefficient (Wildman–Crippen LogP) is 2.29. The SMILES string of the molecule is CCn1cc(CN2CCN(Cc3cccc(OC)c3)[C@H](CCO)C2)c(C)n1. The first-order valence-corrected chi connectivity index (χ1v) is 9.86. The average Bonchev–Trinajstić information content (AvgIpc) is 3.04. The minimum atomic E-state index is 0.222. The van der Waals surface area contributed by atoms with Crippen molar-refractivity contribution in [1.29, 1.82) is 0 Å². The first-order valence-electron chi connectivity index (χ1n) is 9.86. The van der Waals surface area contributed by atoms with Gasteiger partial charge in [-0.05, 0) is 38.0 Å². The van der Waals surface area contributed by atoms with Crippen LogP contribution in [0.2, 0.25) is 0 Å². The third kappa shape index (κ3) is 5.09. The topological polar surface area (TPSA) is 53.8 Å². The van der Waals surface area contributed by atoms with E-state index in [0.29, 0.717) is 6.04 Å². The molecule has 1 aliphatic heterocycles. The smallest absolute Gasteiger partial charge is 0.119 e. The fraction of sp³-hybridized carbons (Fsp3) is 0.571. The van der Waals surface area contributed by atoms with Crippen LogP contribution in [0, 0.1) is 6.92 Å². The van der Waals surface area contributed by atoms with Crippen molar-refractivity contribution in [3.8, 4) is 5.75 Å². The molecule has 1 saturated heterocycles. The van der Waals surface area contributed by atoms with Gasteiger partial charge in [-0.1, -0.05) is 12.1 Å². The number of aromatic nitrogens is 2. The van der Waals surface area contributed by atoms with E-state index in [1.54, 1.807) is 7.11 Å². The molecule has 1 aliphatic rings. The molecule has 148 valence electrons. The number of rotatable bonds is 8. The molecule has 0 spiro atoms. The summed E-state index contributed by atoms with van der Waals surface area (Å²) in [6.07, 6.45) is 2.96. The van der Waals surface area contributed by atoms with Crippen molar-refractivity contribution in [2.75, 3.05) is 33.4 Å². The number of aliphatic hydroxyl groups excluding tert-OH is 1. The Balaban J connectivity index is 1.64. The predicted molar refractivity (Wildman–Crippen MR) is 107 cm³/mol. The van der Waals surface area contributed by atoms with Gasteiger partial charge in [0.1, 0.15) is 5.75 Å². The molecule has 0 amide bonds. The van der Waals surface area contributed by atoms with Crippen LogP contribution in [0.3, 0.4) is 0 Å². The molecular weight excluding hydrogens is 340 g/mol. The highest BCUT2D eigenvalue weighted by atomic mass is 16.5. The van der Waals surface area contributed by atoms with Crippen LogP contribution in [0.4, 0.5) is 0 Å². The third-order valence-corrected chi connectivity index (χ3v) is 5.44. The number of methoxy groups -OCH3 is 1. The Kier molecular flexibility index (Phi) is 6.88. The van der Waals surface area contributed by atoms with Crippen molar-refractivity contribution in [2.45, 2.75) is 45.9 Å². The van der Waals surface area contributed by atoms with Crippen LogP contribution in [-0.2, 0) is 19.6 Å². The molecule has 27 heavy (non-hydrogen) atoms. The zero-order valence-electron chi connectivity index (χ0n) is 16.8. The van der Waals surface area contributed by atoms with Crippen molar-refractivity contribution >= 4 is 0 Å². The van der Waals surface area contributed by atoms with Gasteiger partial charge in [-0.15, -0.1) is 0 Å². The molecule has 0 bridgehead atoms. The summed E-state index contributed by atoms with van der Waals surface area (Å²) in [5, 5.41) is 14.1. The van der Waals surface area contributed by atoms with Crippen molar-refractivity contribution in [2.24, 2.45) is 0 Å². The van der Waals surface area contributed by atoms with E-state index in [1.165, 1.54) is 11.1 Å². The highest BCUT2D eigenvalue weighted by molar-refractivity contribution is 5.28. The van der Waals surface area contributed by atoms with Crippen LogP contribution >= 0.6 is 0 Å². The van der Waals surface area contributed by atoms with Gasteiger partial charge < -0.3 is 9.84 Å². The lowest BCUT2D eigenvalue weighted by atomic mass is 10.1. The van der Waals surface area contributed by atoms with Gasteiger partial charge in [0.2, 0.25) is 0 Å². The minimum Gasteiger partial charge on any atom is -0.497 e. The molecule has 3 rings (SSSR count). The van der Waals surface area contributed by atoms with Crippen molar-refractivity contribution in [3.63, 3.8) is 0 Å². The molecule has 2 aromatic rings. The third-order valence-electron chi connectivity index (χ3n) is 5.44. The lowest BCUT2D eigenvalue weighted by Gasteiger charge is -2.41. The lowest BCUT2D eigenvalue weighted by molar-refractivity contribution is 0.0498. The summed E-state index contributed by atoms with van der Waals surface area (Å²) < 4.78 is 7.36. The van der Waals surface area contributed by atoms with Crippen LogP contribution in [0.15, 0.2) is 30.5 Å². The second-order valence-electron chi connectivity index (χ2n) is 7.32. The Labute approximate surface area is 162 Å². The number of hydrogen-bond acceptors (Lipinski definition) is 5. The molecule has 0 aliphatic carbocycles. The summed E-state index contributed by atoms with van der Waals surface area (Å²) in [7, 11) is 1.70. The average molecular weight is 373 g/mol. The highest BCUT2D eigenvalue weighted by Crippen LogP contribution is 2.21. The Morgan fingerprint density at radius 1 is 1.26 bits per heavy atom. The molecule has 6 nitrogen and oxygen atoms in total. The molecule has 0 saturated carbocycles. The molecule has 1 aromatic carbocycles. The van der Waals surface area contributed by atoms with Crippen molar-refractivity contribution in [3.05, 3.63) is 47.3 Å². The van der Waals surface area contributed by atoms with E-state index in [0.717, 1.165) is 57.1 Å². The maximum Gasteiger partial charge on any atom is 0.119 e. The number of benzene rings is 1. The zero-order valence-corrected chi connectivity index (χ0v) is 16.8. The molecular formula is C21H32N4O2. The Morgan fingerprint density at radius 2 is 2.11 bits per heavy atom. The molecule has 1 atom stereocenters. The Morgan fingerprint density at radius 3 is 2.81 bits per heavy atom. The molecule has 1 fully saturated rings. The first-order chi connectivity index (χ1) is 13.1. The van der Waals surface area contributed by atoms with E-state index in [1.807, 2.05) is 16.8 Å². The minimum absolute atomic E-state index is 0.222. The van der Waals surface area contributed by atoms with E-state index in [-0.39, 0.29) is 6.61 Å². The molecule has 1 N–H and O–H groups in total. The van der Waals surface area contributed by atoms with Crippen molar-refractivity contribution in [1.82, 2.24) is 19.6 Å². The Bertz CT molecular complexity index is 731. The second kappa shape index (κ2) is 9.35. The van der Waals surface area contributed by atoms with Crippen LogP contribution in [0.25, 0.3) is 0 Å². The maximum atomic E-state index is 9.56. The number of aryl methyl sites for hydroxylation is 2. The fourth-order valence-corrected chi connectivity index (χ4v) is 3.85. The normalized spacial score (nSPS) is 18.7. The summed E-state index contributed by atoms with van der Waals surface area (Å²) in [5.41, 5.74) is 3.68. The molecule has 2 heterocycles. The van der Waals surface area contributed by atoms with E-state index in [2.05, 4.69) is 47.1 Å². The summed E-state index contributed by atoms with van der Waals surface area (Å²) in [4.78, 5) is 4.98. The van der Waals surface area contributed by atoms with E-state index >= 15 is 0 Å². The van der Waals surface area contributed by atoms with E-state index in [4.69, 9.17) is 4.74 Å². The fourth-order valence-electron chi connectivity index (χ4n) is 3.85. The molecule has 0 radical (unpaired) electrons. The van der Waals surface area contributed by atoms with Gasteiger partial charge in [-0.25, -0.2) is 0 Å². The quantitative estimate of drug-likeness (QED) is 0.771. The number of nitrogens with zero attached hydrogens (tertiary/aromatic N) is 4. The molecule has 6 heteroatoms. The van der Waals surface area contributed by atoms with Crippen LogP contribution < -0.4 is 4.74 Å². The van der Waals surface area contributed by atoms with Crippen LogP contribution in [0.1, 0.15) is 30.2 Å². The summed E-state index contributed by atoms with van der Waals surface area (Å²) in [6.45, 7) is 10.2. The maximum absolute atomic E-state index is 9.56. The van der Waals surface area contributed by atoms with Gasteiger partial charge in [-0.3, -0.25) is 14.5 Å². The lowest BCUT2D eigenvalue weighted by Crippen LogP contribution is -2.52. The zero-order chi connectivity index (χ0) is 19.2. The highest BCUT2D eigenvalue weighted by Gasteiger charge is 2.27. The number of hydrogen-bond donors (Lipinski definition) is 1. The van der Waals surface area contributed by atoms with Gasteiger partial charge in [0.25, 0.3) is 0 Å². The standard InChI is InChI=1S/C21H32N4O2/c1-4-25-15-19(17(2)22-25)14-23-9-10-24(20(16-23)8-11-26)13-18-6-5-7-21(12-18)27-3/h5-7,12,15,20,26H,4,8-11,13-14,16H2,1-3H3/t20-/m1/s1. The second-order valence-corrected chi connectivity index (χ2v) is 7.32. The first kappa shape index (κ1) is 19.9. The largest absolute Gasteiger partial charge is 0.497 e. The van der Waals surface area contributed by atoms with Crippen molar-refractivity contribution < 1.29 is 9.84 Å². The number of piperazine rings is 1. The molecule has 0 unspecified atom stereocenters. The van der Waals surface area contributed by atoms with Gasteiger partial charge in [-0.2, -0.15) is 5.10 Å². The van der Waals surface area contributed by atoms with Gasteiger partial charge in [0.15, 0.2) is 0 Å². The summed E-state index contributed by atoms with van der Waals surface area (Å²) in [6, 6.07) is 8.63.